The van der Waals surface area contributed by atoms with Crippen molar-refractivity contribution >= 4 is 0 Å². The van der Waals surface area contributed by atoms with Crippen LogP contribution in [0.3, 0.4) is 0 Å². The Balaban J connectivity index is 2.06. The van der Waals surface area contributed by atoms with Gasteiger partial charge in [-0.1, -0.05) is 0 Å². The molecular formula is C6H14N2O2. The van der Waals surface area contributed by atoms with E-state index >= 15 is 0 Å². The van der Waals surface area contributed by atoms with E-state index < -0.39 is 0 Å². The van der Waals surface area contributed by atoms with Gasteiger partial charge in [0.2, 0.25) is 0 Å². The van der Waals surface area contributed by atoms with Crippen LogP contribution < -0.4 is 5.32 Å². The Kier molecular flexibility index (Phi) is 3.08. The van der Waals surface area contributed by atoms with E-state index in [4.69, 9.17) is 10.3 Å². The van der Waals surface area contributed by atoms with Crippen molar-refractivity contribution in [1.82, 2.24) is 10.4 Å². The third kappa shape index (κ3) is 2.22. The average Bonchev–Trinajstić information content (AvgIpc) is 2.31. The molecule has 0 saturated carbocycles. The molecule has 4 nitrogen and oxygen atoms in total. The molecule has 0 aliphatic carbocycles. The van der Waals surface area contributed by atoms with Gasteiger partial charge in [-0.15, -0.1) is 0 Å². The number of hydrogen-bond donors (Lipinski definition) is 3. The summed E-state index contributed by atoms with van der Waals surface area (Å²) in [4.78, 5) is 0. The van der Waals surface area contributed by atoms with E-state index in [0.717, 1.165) is 13.0 Å². The normalized spacial score (nSPS) is 27.6. The van der Waals surface area contributed by atoms with Gasteiger partial charge in [-0.25, -0.2) is 0 Å². The van der Waals surface area contributed by atoms with Gasteiger partial charge in [-0.2, -0.15) is 5.06 Å². The van der Waals surface area contributed by atoms with Crippen LogP contribution in [0.15, 0.2) is 0 Å². The van der Waals surface area contributed by atoms with Gasteiger partial charge in [0.05, 0.1) is 6.61 Å². The van der Waals surface area contributed by atoms with Crippen LogP contribution in [0.4, 0.5) is 0 Å². The molecule has 1 aliphatic heterocycles. The summed E-state index contributed by atoms with van der Waals surface area (Å²) >= 11 is 0. The van der Waals surface area contributed by atoms with Gasteiger partial charge >= 0.3 is 0 Å². The summed E-state index contributed by atoms with van der Waals surface area (Å²) in [5.41, 5.74) is 0. The van der Waals surface area contributed by atoms with E-state index in [1.165, 1.54) is 5.06 Å². The first-order chi connectivity index (χ1) is 4.83. The van der Waals surface area contributed by atoms with Crippen LogP contribution >= 0.6 is 0 Å². The summed E-state index contributed by atoms with van der Waals surface area (Å²) in [6.45, 7) is 2.21. The summed E-state index contributed by atoms with van der Waals surface area (Å²) in [5, 5.41) is 21.8. The van der Waals surface area contributed by atoms with Crippen molar-refractivity contribution in [2.45, 2.75) is 12.5 Å². The number of nitrogens with one attached hydrogen (secondary N) is 1. The predicted octanol–water partition coefficient (Wildman–Crippen LogP) is -0.968. The number of rotatable bonds is 3. The Morgan fingerprint density at radius 3 is 2.90 bits per heavy atom. The molecule has 1 saturated heterocycles. The zero-order valence-corrected chi connectivity index (χ0v) is 5.95. The summed E-state index contributed by atoms with van der Waals surface area (Å²) < 4.78 is 0. The van der Waals surface area contributed by atoms with Crippen LogP contribution in [0, 0.1) is 0 Å². The molecule has 0 spiro atoms. The highest BCUT2D eigenvalue weighted by molar-refractivity contribution is 4.75. The highest BCUT2D eigenvalue weighted by atomic mass is 16.5. The lowest BCUT2D eigenvalue weighted by atomic mass is 10.3. The maximum Gasteiger partial charge on any atom is 0.0556 e. The molecule has 4 heteroatoms. The van der Waals surface area contributed by atoms with Crippen molar-refractivity contribution in [3.63, 3.8) is 0 Å². The second kappa shape index (κ2) is 3.88. The lowest BCUT2D eigenvalue weighted by molar-refractivity contribution is -0.0697. The number of hydroxylamine groups is 2. The molecule has 3 N–H and O–H groups in total. The Bertz CT molecular complexity index is 99.7. The average molecular weight is 146 g/mol. The Hall–Kier alpha value is -0.160. The molecule has 1 rings (SSSR count). The third-order valence-electron chi connectivity index (χ3n) is 1.71. The fourth-order valence-electron chi connectivity index (χ4n) is 1.18. The summed E-state index contributed by atoms with van der Waals surface area (Å²) in [6, 6.07) is 0.358. The zero-order chi connectivity index (χ0) is 7.40. The molecule has 0 aromatic heterocycles. The number of aliphatic hydroxyl groups is 1. The number of hydrogen-bond acceptors (Lipinski definition) is 4. The van der Waals surface area contributed by atoms with Crippen molar-refractivity contribution in [2.24, 2.45) is 0 Å². The minimum atomic E-state index is 0.169. The predicted molar refractivity (Wildman–Crippen MR) is 36.9 cm³/mol. The quantitative estimate of drug-likeness (QED) is 0.479. The second-order valence-electron chi connectivity index (χ2n) is 2.58. The summed E-state index contributed by atoms with van der Waals surface area (Å²) in [6.07, 6.45) is 0.969. The molecule has 60 valence electrons. The first-order valence-corrected chi connectivity index (χ1v) is 3.61. The standard InChI is InChI=1S/C6H14N2O2/c9-4-2-7-6-1-3-8(10)5-6/h6-7,9-10H,1-5H2. The Morgan fingerprint density at radius 2 is 2.40 bits per heavy atom. The molecule has 0 aromatic rings. The van der Waals surface area contributed by atoms with Crippen LogP contribution in [0.5, 0.6) is 0 Å². The molecule has 0 amide bonds. The SMILES string of the molecule is OCCNC1CCN(O)C1. The van der Waals surface area contributed by atoms with Crippen LogP contribution in [-0.4, -0.2) is 47.7 Å². The fraction of sp³-hybridized carbons (Fsp3) is 1.00. The fourth-order valence-corrected chi connectivity index (χ4v) is 1.18. The van der Waals surface area contributed by atoms with E-state index in [-0.39, 0.29) is 6.61 Å². The van der Waals surface area contributed by atoms with Crippen molar-refractivity contribution in [1.29, 1.82) is 0 Å². The van der Waals surface area contributed by atoms with Crippen LogP contribution in [0.25, 0.3) is 0 Å². The number of nitrogens with zero attached hydrogens (tertiary/aromatic N) is 1. The molecule has 0 aromatic carbocycles. The highest BCUT2D eigenvalue weighted by Crippen LogP contribution is 2.04. The third-order valence-corrected chi connectivity index (χ3v) is 1.71. The largest absolute Gasteiger partial charge is 0.395 e. The highest BCUT2D eigenvalue weighted by Gasteiger charge is 2.19. The van der Waals surface area contributed by atoms with E-state index in [9.17, 15) is 0 Å². The van der Waals surface area contributed by atoms with Crippen LogP contribution in [0.2, 0.25) is 0 Å². The van der Waals surface area contributed by atoms with E-state index in [1.54, 1.807) is 0 Å². The molecule has 10 heavy (non-hydrogen) atoms. The van der Waals surface area contributed by atoms with Gasteiger partial charge in [0.25, 0.3) is 0 Å². The molecule has 1 aliphatic rings. The van der Waals surface area contributed by atoms with Crippen LogP contribution in [-0.2, 0) is 0 Å². The van der Waals surface area contributed by atoms with Gasteiger partial charge in [0.15, 0.2) is 0 Å². The van der Waals surface area contributed by atoms with Crippen molar-refractivity contribution in [3.05, 3.63) is 0 Å². The molecule has 1 fully saturated rings. The lowest BCUT2D eigenvalue weighted by Gasteiger charge is -2.09. The molecular weight excluding hydrogens is 132 g/mol. The molecule has 1 heterocycles. The van der Waals surface area contributed by atoms with Gasteiger partial charge in [-0.3, -0.25) is 0 Å². The van der Waals surface area contributed by atoms with Gasteiger partial charge in [0, 0.05) is 25.7 Å². The lowest BCUT2D eigenvalue weighted by Crippen LogP contribution is -2.33. The van der Waals surface area contributed by atoms with E-state index in [0.29, 0.717) is 19.1 Å². The van der Waals surface area contributed by atoms with Gasteiger partial charge < -0.3 is 15.6 Å². The zero-order valence-electron chi connectivity index (χ0n) is 5.95. The van der Waals surface area contributed by atoms with Crippen molar-refractivity contribution in [3.8, 4) is 0 Å². The molecule has 1 atom stereocenters. The van der Waals surface area contributed by atoms with Gasteiger partial charge in [-0.05, 0) is 6.42 Å². The van der Waals surface area contributed by atoms with E-state index in [2.05, 4.69) is 5.32 Å². The van der Waals surface area contributed by atoms with Crippen molar-refractivity contribution in [2.75, 3.05) is 26.2 Å². The molecule has 0 bridgehead atoms. The maximum atomic E-state index is 8.93. The first-order valence-electron chi connectivity index (χ1n) is 3.61. The smallest absolute Gasteiger partial charge is 0.0556 e. The van der Waals surface area contributed by atoms with Crippen LogP contribution in [0.1, 0.15) is 6.42 Å². The molecule has 1 unspecified atom stereocenters. The topological polar surface area (TPSA) is 55.7 Å². The van der Waals surface area contributed by atoms with Crippen molar-refractivity contribution < 1.29 is 10.3 Å². The minimum Gasteiger partial charge on any atom is -0.395 e. The first kappa shape index (κ1) is 7.94. The van der Waals surface area contributed by atoms with Gasteiger partial charge in [0.1, 0.15) is 0 Å². The number of aliphatic hydroxyl groups excluding tert-OH is 1. The maximum absolute atomic E-state index is 8.93. The second-order valence-corrected chi connectivity index (χ2v) is 2.58. The minimum absolute atomic E-state index is 0.169. The molecule has 0 radical (unpaired) electrons. The Morgan fingerprint density at radius 1 is 1.60 bits per heavy atom. The summed E-state index contributed by atoms with van der Waals surface area (Å²) in [7, 11) is 0. The Labute approximate surface area is 60.4 Å². The summed E-state index contributed by atoms with van der Waals surface area (Å²) in [5.74, 6) is 0. The van der Waals surface area contributed by atoms with E-state index in [1.807, 2.05) is 0 Å². The monoisotopic (exact) mass is 146 g/mol.